The smallest absolute Gasteiger partial charge is 0.414 e. The summed E-state index contributed by atoms with van der Waals surface area (Å²) in [5.41, 5.74) is 1.36. The lowest BCUT2D eigenvalue weighted by atomic mass is 10.1. The number of methoxy groups -OCH3 is 3. The first kappa shape index (κ1) is 37.3. The van der Waals surface area contributed by atoms with Crippen LogP contribution >= 0.6 is 0 Å². The largest absolute Gasteiger partial charge is 0.493 e. The van der Waals surface area contributed by atoms with Gasteiger partial charge in [0.15, 0.2) is 11.5 Å². The summed E-state index contributed by atoms with van der Waals surface area (Å²) in [6.45, 7) is 2.32. The summed E-state index contributed by atoms with van der Waals surface area (Å²) < 4.78 is 15.3. The number of carboxylic acid groups (broad SMARTS) is 4. The fourth-order valence-electron chi connectivity index (χ4n) is 3.74. The van der Waals surface area contributed by atoms with Gasteiger partial charge in [-0.3, -0.25) is 14.5 Å². The minimum atomic E-state index is -1.82. The Balaban J connectivity index is 0.000000714. The molecule has 0 bridgehead atoms. The Bertz CT molecular complexity index is 1350. The molecule has 17 nitrogen and oxygen atoms in total. The number of esters is 1. The van der Waals surface area contributed by atoms with Crippen molar-refractivity contribution in [3.8, 4) is 11.5 Å². The number of para-hydroxylation sites is 1. The number of likely N-dealkylation sites (N-methyl/N-ethyl adjacent to an activating group) is 1. The molecule has 0 aliphatic carbocycles. The molecule has 1 aliphatic rings. The van der Waals surface area contributed by atoms with Crippen LogP contribution in [0.3, 0.4) is 0 Å². The summed E-state index contributed by atoms with van der Waals surface area (Å²) in [7, 11) is 6.03. The van der Waals surface area contributed by atoms with E-state index in [1.807, 2.05) is 4.90 Å². The van der Waals surface area contributed by atoms with E-state index in [-0.39, 0.29) is 18.4 Å². The number of carbonyl (C=O) groups excluding carboxylic acids is 3. The molecule has 0 unspecified atom stereocenters. The van der Waals surface area contributed by atoms with Gasteiger partial charge in [-0.05, 0) is 30.3 Å². The highest BCUT2D eigenvalue weighted by Crippen LogP contribution is 2.28. The van der Waals surface area contributed by atoms with Crippen LogP contribution in [0.25, 0.3) is 0 Å². The van der Waals surface area contributed by atoms with E-state index < -0.39 is 29.8 Å². The first-order valence-electron chi connectivity index (χ1n) is 12.8. The summed E-state index contributed by atoms with van der Waals surface area (Å²) in [5, 5.41) is 29.6. The van der Waals surface area contributed by atoms with E-state index in [1.54, 1.807) is 61.5 Å². The predicted molar refractivity (Wildman–Crippen MR) is 154 cm³/mol. The number of anilines is 1. The third-order valence-corrected chi connectivity index (χ3v) is 6.06. The van der Waals surface area contributed by atoms with Crippen molar-refractivity contribution in [1.29, 1.82) is 0 Å². The molecule has 0 saturated carbocycles. The molecule has 17 heteroatoms. The highest BCUT2D eigenvalue weighted by molar-refractivity contribution is 6.27. The number of carbonyl (C=O) groups is 7. The lowest BCUT2D eigenvalue weighted by Gasteiger charge is -2.35. The van der Waals surface area contributed by atoms with Crippen LogP contribution < -0.4 is 14.4 Å². The first-order chi connectivity index (χ1) is 21.2. The van der Waals surface area contributed by atoms with Crippen molar-refractivity contribution in [1.82, 2.24) is 9.80 Å². The summed E-state index contributed by atoms with van der Waals surface area (Å²) in [6.07, 6.45) is 0. The molecule has 244 valence electrons. The number of benzene rings is 2. The van der Waals surface area contributed by atoms with E-state index >= 15 is 0 Å². The zero-order valence-corrected chi connectivity index (χ0v) is 24.8. The fourth-order valence-corrected chi connectivity index (χ4v) is 3.74. The minimum absolute atomic E-state index is 0.0916. The van der Waals surface area contributed by atoms with Crippen LogP contribution in [-0.2, 0) is 28.7 Å². The van der Waals surface area contributed by atoms with Gasteiger partial charge in [0, 0.05) is 38.8 Å². The Kier molecular flexibility index (Phi) is 15.0. The van der Waals surface area contributed by atoms with E-state index in [9.17, 15) is 14.4 Å². The number of rotatable bonds is 7. The number of hydrogen-bond donors (Lipinski definition) is 4. The second-order valence-electron chi connectivity index (χ2n) is 8.82. The lowest BCUT2D eigenvalue weighted by molar-refractivity contribution is -0.159. The number of aliphatic carboxylic acids is 4. The normalized spacial score (nSPS) is 12.1. The third kappa shape index (κ3) is 11.5. The van der Waals surface area contributed by atoms with E-state index in [0.717, 1.165) is 0 Å². The van der Waals surface area contributed by atoms with Crippen LogP contribution in [0.4, 0.5) is 5.69 Å². The fraction of sp³-hybridized carbons (Fsp3) is 0.321. The molecule has 0 radical (unpaired) electrons. The molecule has 0 spiro atoms. The molecule has 2 aromatic carbocycles. The Morgan fingerprint density at radius 1 is 0.733 bits per heavy atom. The molecule has 0 atom stereocenters. The van der Waals surface area contributed by atoms with Gasteiger partial charge in [0.05, 0.1) is 39.1 Å². The van der Waals surface area contributed by atoms with Gasteiger partial charge in [-0.1, -0.05) is 12.1 Å². The number of hydrogen-bond acceptors (Lipinski definition) is 11. The standard InChI is InChI=1S/C24H29N3O6.2C2H2O4/c1-25(19-8-6-5-7-18(19)24(30)33-4)22(28)16-26-11-13-27(14-12-26)23(29)17-9-10-20(31-2)21(15-17)32-3;2*3-1(4)2(5)6/h5-10,15H,11-14,16H2,1-4H3;2*(H,3,4)(H,5,6). The maximum atomic E-state index is 12.9. The van der Waals surface area contributed by atoms with Crippen molar-refractivity contribution in [3.63, 3.8) is 0 Å². The number of ether oxygens (including phenoxy) is 3. The van der Waals surface area contributed by atoms with E-state index in [4.69, 9.17) is 53.8 Å². The molecule has 1 fully saturated rings. The zero-order chi connectivity index (χ0) is 34.3. The monoisotopic (exact) mass is 635 g/mol. The summed E-state index contributed by atoms with van der Waals surface area (Å²) in [5.74, 6) is -6.96. The number of amides is 2. The van der Waals surface area contributed by atoms with Crippen molar-refractivity contribution in [2.75, 3.05) is 66.0 Å². The van der Waals surface area contributed by atoms with Crippen molar-refractivity contribution in [2.45, 2.75) is 0 Å². The number of carboxylic acids is 4. The Morgan fingerprint density at radius 3 is 1.71 bits per heavy atom. The molecule has 1 heterocycles. The topological polar surface area (TPSA) is 238 Å². The van der Waals surface area contributed by atoms with Crippen LogP contribution in [0.15, 0.2) is 42.5 Å². The van der Waals surface area contributed by atoms with Crippen LogP contribution in [0, 0.1) is 0 Å². The maximum absolute atomic E-state index is 12.9. The predicted octanol–water partition coefficient (Wildman–Crippen LogP) is 0.222. The molecular formula is C28H33N3O14. The molecule has 0 aromatic heterocycles. The molecule has 45 heavy (non-hydrogen) atoms. The zero-order valence-electron chi connectivity index (χ0n) is 24.8. The number of nitrogens with zero attached hydrogens (tertiary/aromatic N) is 3. The molecular weight excluding hydrogens is 602 g/mol. The van der Waals surface area contributed by atoms with Crippen LogP contribution in [-0.4, -0.2) is 133 Å². The average molecular weight is 636 g/mol. The van der Waals surface area contributed by atoms with Crippen molar-refractivity contribution < 1.29 is 68.2 Å². The highest BCUT2D eigenvalue weighted by Gasteiger charge is 2.26. The number of piperazine rings is 1. The van der Waals surface area contributed by atoms with Gasteiger partial charge in [-0.15, -0.1) is 0 Å². The second-order valence-corrected chi connectivity index (χ2v) is 8.82. The molecule has 2 amide bonds. The molecule has 3 rings (SSSR count). The highest BCUT2D eigenvalue weighted by atomic mass is 16.5. The quantitative estimate of drug-likeness (QED) is 0.235. The van der Waals surface area contributed by atoms with Crippen molar-refractivity contribution >= 4 is 47.3 Å². The van der Waals surface area contributed by atoms with Crippen molar-refractivity contribution in [2.24, 2.45) is 0 Å². The molecule has 2 aromatic rings. The Hall–Kier alpha value is -5.71. The molecule has 1 saturated heterocycles. The summed E-state index contributed by atoms with van der Waals surface area (Å²) >= 11 is 0. The van der Waals surface area contributed by atoms with Gasteiger partial charge >= 0.3 is 29.8 Å². The first-order valence-corrected chi connectivity index (χ1v) is 12.8. The van der Waals surface area contributed by atoms with Gasteiger partial charge in [-0.2, -0.15) is 0 Å². The van der Waals surface area contributed by atoms with E-state index in [2.05, 4.69) is 0 Å². The van der Waals surface area contributed by atoms with Crippen LogP contribution in [0.1, 0.15) is 20.7 Å². The lowest BCUT2D eigenvalue weighted by Crippen LogP contribution is -2.51. The van der Waals surface area contributed by atoms with Gasteiger partial charge < -0.3 is 44.4 Å². The maximum Gasteiger partial charge on any atom is 0.414 e. The van der Waals surface area contributed by atoms with Crippen molar-refractivity contribution in [3.05, 3.63) is 53.6 Å². The van der Waals surface area contributed by atoms with Gasteiger partial charge in [0.2, 0.25) is 5.91 Å². The van der Waals surface area contributed by atoms with Crippen LogP contribution in [0.5, 0.6) is 11.5 Å². The summed E-state index contributed by atoms with van der Waals surface area (Å²) in [6, 6.07) is 11.9. The molecule has 1 aliphatic heterocycles. The summed E-state index contributed by atoms with van der Waals surface area (Å²) in [4.78, 5) is 79.4. The average Bonchev–Trinajstić information content (AvgIpc) is 3.04. The molecule has 4 N–H and O–H groups in total. The Labute approximate surface area is 256 Å². The van der Waals surface area contributed by atoms with Gasteiger partial charge in [0.25, 0.3) is 5.91 Å². The van der Waals surface area contributed by atoms with E-state index in [0.29, 0.717) is 54.5 Å². The van der Waals surface area contributed by atoms with Gasteiger partial charge in [-0.25, -0.2) is 24.0 Å². The second kappa shape index (κ2) is 18.1. The Morgan fingerprint density at radius 2 is 1.24 bits per heavy atom. The van der Waals surface area contributed by atoms with E-state index in [1.165, 1.54) is 19.1 Å². The van der Waals surface area contributed by atoms with Crippen LogP contribution in [0.2, 0.25) is 0 Å². The minimum Gasteiger partial charge on any atom is -0.493 e. The third-order valence-electron chi connectivity index (χ3n) is 6.06. The van der Waals surface area contributed by atoms with Gasteiger partial charge in [0.1, 0.15) is 0 Å². The SMILES string of the molecule is COC(=O)c1ccccc1N(C)C(=O)CN1CCN(C(=O)c2ccc(OC)c(OC)c2)CC1.O=C(O)C(=O)O.O=C(O)C(=O)O.